The maximum Gasteiger partial charge on any atom is 0.237 e. The Balaban J connectivity index is 1.36. The van der Waals surface area contributed by atoms with Crippen LogP contribution in [-0.4, -0.2) is 49.1 Å². The normalized spacial score (nSPS) is 37.2. The summed E-state index contributed by atoms with van der Waals surface area (Å²) < 4.78 is 0. The molecule has 3 rings (SSSR count). The summed E-state index contributed by atoms with van der Waals surface area (Å²) >= 11 is 0. The number of carbonyl (C=O) groups is 1. The highest BCUT2D eigenvalue weighted by Gasteiger charge is 2.37. The molecule has 0 aromatic carbocycles. The molecule has 3 fully saturated rings. The van der Waals surface area contributed by atoms with Gasteiger partial charge >= 0.3 is 0 Å². The van der Waals surface area contributed by atoms with Gasteiger partial charge in [0.05, 0.1) is 6.04 Å². The van der Waals surface area contributed by atoms with Gasteiger partial charge in [0.25, 0.3) is 0 Å². The molecule has 4 unspecified atom stereocenters. The highest BCUT2D eigenvalue weighted by molar-refractivity contribution is 5.82. The number of nitrogens with one attached hydrogen (secondary N) is 2. The zero-order chi connectivity index (χ0) is 14.7. The monoisotopic (exact) mass is 293 g/mol. The first kappa shape index (κ1) is 15.3. The molecule has 2 heterocycles. The summed E-state index contributed by atoms with van der Waals surface area (Å²) in [5, 5.41) is 6.72. The second-order valence-electron chi connectivity index (χ2n) is 7.45. The minimum absolute atomic E-state index is 0.0679. The van der Waals surface area contributed by atoms with Crippen LogP contribution in [0.4, 0.5) is 0 Å². The first-order chi connectivity index (χ1) is 10.2. The van der Waals surface area contributed by atoms with E-state index in [9.17, 15) is 4.79 Å². The lowest BCUT2D eigenvalue weighted by Gasteiger charge is -2.30. The third-order valence-electron chi connectivity index (χ3n) is 5.65. The maximum atomic E-state index is 12.3. The summed E-state index contributed by atoms with van der Waals surface area (Å²) in [5.41, 5.74) is 0. The van der Waals surface area contributed by atoms with Gasteiger partial charge in [0.15, 0.2) is 0 Å². The van der Waals surface area contributed by atoms with E-state index in [1.807, 2.05) is 0 Å². The van der Waals surface area contributed by atoms with Gasteiger partial charge in [-0.1, -0.05) is 19.8 Å². The second kappa shape index (κ2) is 7.10. The number of amides is 1. The van der Waals surface area contributed by atoms with Crippen LogP contribution in [0.2, 0.25) is 0 Å². The zero-order valence-electron chi connectivity index (χ0n) is 13.4. The van der Waals surface area contributed by atoms with Crippen LogP contribution >= 0.6 is 0 Å². The van der Waals surface area contributed by atoms with Gasteiger partial charge in [-0.2, -0.15) is 0 Å². The van der Waals surface area contributed by atoms with Crippen molar-refractivity contribution in [2.45, 2.75) is 64.0 Å². The Bertz CT molecular complexity index is 346. The summed E-state index contributed by atoms with van der Waals surface area (Å²) in [6.07, 6.45) is 8.98. The Kier molecular flexibility index (Phi) is 5.17. The first-order valence-electron chi connectivity index (χ1n) is 8.98. The number of rotatable bonds is 4. The van der Waals surface area contributed by atoms with Gasteiger partial charge in [-0.05, 0) is 50.5 Å². The van der Waals surface area contributed by atoms with Crippen LogP contribution in [-0.2, 0) is 4.79 Å². The Morgan fingerprint density at radius 1 is 1.24 bits per heavy atom. The molecule has 2 saturated heterocycles. The van der Waals surface area contributed by atoms with Crippen molar-refractivity contribution in [3.8, 4) is 0 Å². The fraction of sp³-hybridized carbons (Fsp3) is 0.941. The fourth-order valence-corrected chi connectivity index (χ4v) is 4.47. The Morgan fingerprint density at radius 2 is 2.10 bits per heavy atom. The lowest BCUT2D eigenvalue weighted by Crippen LogP contribution is -2.46. The van der Waals surface area contributed by atoms with Crippen molar-refractivity contribution < 1.29 is 4.79 Å². The first-order valence-corrected chi connectivity index (χ1v) is 8.98. The quantitative estimate of drug-likeness (QED) is 0.830. The van der Waals surface area contributed by atoms with Gasteiger partial charge in [0, 0.05) is 25.7 Å². The number of hydrogen-bond acceptors (Lipinski definition) is 3. The molecule has 3 aliphatic rings. The van der Waals surface area contributed by atoms with E-state index in [4.69, 9.17) is 0 Å². The number of piperidine rings is 1. The smallest absolute Gasteiger partial charge is 0.237 e. The summed E-state index contributed by atoms with van der Waals surface area (Å²) in [7, 11) is 0. The van der Waals surface area contributed by atoms with Crippen LogP contribution in [0.3, 0.4) is 0 Å². The molecule has 2 aliphatic heterocycles. The molecular formula is C17H31N3O. The van der Waals surface area contributed by atoms with Crippen molar-refractivity contribution in [3.63, 3.8) is 0 Å². The molecule has 0 spiro atoms. The standard InChI is InChI=1S/C17H31N3O/c1-13-5-4-9-20(12-13)10-8-18-17(21)16-11-14-6-2-3-7-15(14)19-16/h13-16,19H,2-12H2,1H3,(H,18,21). The van der Waals surface area contributed by atoms with Crippen LogP contribution < -0.4 is 10.6 Å². The Morgan fingerprint density at radius 3 is 2.90 bits per heavy atom. The van der Waals surface area contributed by atoms with Crippen molar-refractivity contribution in [2.75, 3.05) is 26.2 Å². The van der Waals surface area contributed by atoms with Crippen LogP contribution in [0.25, 0.3) is 0 Å². The van der Waals surface area contributed by atoms with Crippen molar-refractivity contribution in [1.29, 1.82) is 0 Å². The van der Waals surface area contributed by atoms with Crippen LogP contribution in [0, 0.1) is 11.8 Å². The fourth-order valence-electron chi connectivity index (χ4n) is 4.47. The second-order valence-corrected chi connectivity index (χ2v) is 7.45. The lowest BCUT2D eigenvalue weighted by atomic mass is 9.85. The van der Waals surface area contributed by atoms with Gasteiger partial charge in [-0.15, -0.1) is 0 Å². The van der Waals surface area contributed by atoms with Gasteiger partial charge in [0.2, 0.25) is 5.91 Å². The van der Waals surface area contributed by atoms with E-state index in [1.54, 1.807) is 0 Å². The average molecular weight is 293 g/mol. The zero-order valence-corrected chi connectivity index (χ0v) is 13.4. The average Bonchev–Trinajstić information content (AvgIpc) is 2.91. The lowest BCUT2D eigenvalue weighted by molar-refractivity contribution is -0.122. The Hall–Kier alpha value is -0.610. The molecule has 1 aliphatic carbocycles. The minimum atomic E-state index is 0.0679. The number of fused-ring (bicyclic) bond motifs is 1. The summed E-state index contributed by atoms with van der Waals surface area (Å²) in [5.74, 6) is 1.79. The van der Waals surface area contributed by atoms with Gasteiger partial charge in [0.1, 0.15) is 0 Å². The van der Waals surface area contributed by atoms with Crippen molar-refractivity contribution in [2.24, 2.45) is 11.8 Å². The van der Waals surface area contributed by atoms with Gasteiger partial charge < -0.3 is 15.5 Å². The largest absolute Gasteiger partial charge is 0.353 e. The molecule has 4 heteroatoms. The summed E-state index contributed by atoms with van der Waals surface area (Å²) in [6.45, 7) is 6.54. The van der Waals surface area contributed by atoms with Crippen molar-refractivity contribution in [1.82, 2.24) is 15.5 Å². The van der Waals surface area contributed by atoms with E-state index < -0.39 is 0 Å². The number of hydrogen-bond donors (Lipinski definition) is 2. The number of likely N-dealkylation sites (tertiary alicyclic amines) is 1. The number of nitrogens with zero attached hydrogens (tertiary/aromatic N) is 1. The predicted octanol–water partition coefficient (Wildman–Crippen LogP) is 1.76. The molecule has 4 atom stereocenters. The molecule has 0 bridgehead atoms. The molecule has 4 nitrogen and oxygen atoms in total. The van der Waals surface area contributed by atoms with Gasteiger partial charge in [-0.3, -0.25) is 4.79 Å². The number of carbonyl (C=O) groups excluding carboxylic acids is 1. The van der Waals surface area contributed by atoms with E-state index >= 15 is 0 Å². The van der Waals surface area contributed by atoms with E-state index in [1.165, 1.54) is 51.6 Å². The molecule has 0 aromatic heterocycles. The van der Waals surface area contributed by atoms with Crippen LogP contribution in [0.5, 0.6) is 0 Å². The molecular weight excluding hydrogens is 262 g/mol. The minimum Gasteiger partial charge on any atom is -0.353 e. The van der Waals surface area contributed by atoms with E-state index in [-0.39, 0.29) is 11.9 Å². The molecule has 21 heavy (non-hydrogen) atoms. The summed E-state index contributed by atoms with van der Waals surface area (Å²) in [4.78, 5) is 14.8. The molecule has 2 N–H and O–H groups in total. The molecule has 120 valence electrons. The Labute approximate surface area is 129 Å². The van der Waals surface area contributed by atoms with E-state index in [2.05, 4.69) is 22.5 Å². The topological polar surface area (TPSA) is 44.4 Å². The molecule has 0 aromatic rings. The third kappa shape index (κ3) is 3.98. The van der Waals surface area contributed by atoms with E-state index in [0.717, 1.165) is 31.3 Å². The van der Waals surface area contributed by atoms with Crippen molar-refractivity contribution in [3.05, 3.63) is 0 Å². The van der Waals surface area contributed by atoms with Crippen molar-refractivity contribution >= 4 is 5.91 Å². The SMILES string of the molecule is CC1CCCN(CCNC(=O)C2CC3CCCCC3N2)C1. The van der Waals surface area contributed by atoms with Crippen LogP contribution in [0.15, 0.2) is 0 Å². The van der Waals surface area contributed by atoms with E-state index in [0.29, 0.717) is 6.04 Å². The molecule has 0 radical (unpaired) electrons. The highest BCUT2D eigenvalue weighted by atomic mass is 16.2. The highest BCUT2D eigenvalue weighted by Crippen LogP contribution is 2.33. The third-order valence-corrected chi connectivity index (χ3v) is 5.65. The predicted molar refractivity (Wildman–Crippen MR) is 85.1 cm³/mol. The molecule has 1 saturated carbocycles. The maximum absolute atomic E-state index is 12.3. The molecule has 1 amide bonds. The van der Waals surface area contributed by atoms with Gasteiger partial charge in [-0.25, -0.2) is 0 Å². The summed E-state index contributed by atoms with van der Waals surface area (Å²) in [6, 6.07) is 0.677. The van der Waals surface area contributed by atoms with Crippen LogP contribution in [0.1, 0.15) is 51.9 Å².